The highest BCUT2D eigenvalue weighted by atomic mass is 32.2. The van der Waals surface area contributed by atoms with Gasteiger partial charge in [-0.25, -0.2) is 0 Å². The molecular weight excluding hydrogens is 329 g/mol. The minimum Gasteiger partial charge on any atom is -0.258 e. The number of aryl methyl sites for hydroxylation is 2. The second-order valence-corrected chi connectivity index (χ2v) is 6.78. The van der Waals surface area contributed by atoms with Crippen molar-refractivity contribution in [2.75, 3.05) is 0 Å². The largest absolute Gasteiger partial charge is 0.523 e. The fraction of sp³-hybridized carbons (Fsp3) is 0.250. The van der Waals surface area contributed by atoms with Crippen molar-refractivity contribution >= 4 is 10.1 Å². The molecule has 0 saturated carbocycles. The van der Waals surface area contributed by atoms with Crippen LogP contribution in [0.1, 0.15) is 16.7 Å². The van der Waals surface area contributed by atoms with Crippen LogP contribution in [0.5, 0.6) is 0 Å². The Hall–Kier alpha value is -1.86. The summed E-state index contributed by atoms with van der Waals surface area (Å²) < 4.78 is 62.6. The van der Waals surface area contributed by atoms with Crippen molar-refractivity contribution in [2.24, 2.45) is 0 Å². The molecule has 7 heteroatoms. The van der Waals surface area contributed by atoms with E-state index in [1.165, 1.54) is 0 Å². The molecular formula is C16H15F3O3S. The smallest absolute Gasteiger partial charge is 0.258 e. The van der Waals surface area contributed by atoms with Gasteiger partial charge < -0.3 is 0 Å². The van der Waals surface area contributed by atoms with Crippen LogP contribution in [0.3, 0.4) is 0 Å². The summed E-state index contributed by atoms with van der Waals surface area (Å²) in [6.07, 6.45) is 0. The highest BCUT2D eigenvalue weighted by Gasteiger charge is 2.47. The Bertz CT molecular complexity index is 794. The molecule has 2 aromatic rings. The Kier molecular flexibility index (Phi) is 4.81. The second kappa shape index (κ2) is 6.33. The number of alkyl halides is 3. The predicted molar refractivity (Wildman–Crippen MR) is 81.1 cm³/mol. The Morgan fingerprint density at radius 3 is 2.04 bits per heavy atom. The Morgan fingerprint density at radius 2 is 1.52 bits per heavy atom. The zero-order chi connectivity index (χ0) is 17.3. The highest BCUT2D eigenvalue weighted by molar-refractivity contribution is 7.87. The molecule has 23 heavy (non-hydrogen) atoms. The van der Waals surface area contributed by atoms with E-state index in [1.54, 1.807) is 25.1 Å². The first-order chi connectivity index (χ1) is 10.6. The van der Waals surface area contributed by atoms with Gasteiger partial charge in [0.05, 0.1) is 6.61 Å². The zero-order valence-electron chi connectivity index (χ0n) is 12.5. The van der Waals surface area contributed by atoms with Gasteiger partial charge in [-0.2, -0.15) is 21.6 Å². The van der Waals surface area contributed by atoms with E-state index in [2.05, 4.69) is 4.18 Å². The molecule has 0 heterocycles. The van der Waals surface area contributed by atoms with Crippen LogP contribution in [-0.4, -0.2) is 13.9 Å². The third-order valence-electron chi connectivity index (χ3n) is 3.38. The minimum atomic E-state index is -5.58. The molecule has 124 valence electrons. The lowest BCUT2D eigenvalue weighted by Gasteiger charge is -2.11. The van der Waals surface area contributed by atoms with Crippen molar-refractivity contribution in [2.45, 2.75) is 26.0 Å². The van der Waals surface area contributed by atoms with Gasteiger partial charge in [0, 0.05) is 0 Å². The van der Waals surface area contributed by atoms with Gasteiger partial charge in [-0.05, 0) is 36.1 Å². The van der Waals surface area contributed by atoms with Gasteiger partial charge in [0.2, 0.25) is 0 Å². The van der Waals surface area contributed by atoms with E-state index >= 15 is 0 Å². The lowest BCUT2D eigenvalue weighted by atomic mass is 9.99. The molecule has 0 radical (unpaired) electrons. The fourth-order valence-electron chi connectivity index (χ4n) is 1.99. The van der Waals surface area contributed by atoms with Crippen LogP contribution >= 0.6 is 0 Å². The summed E-state index contributed by atoms with van der Waals surface area (Å²) in [6.45, 7) is 3.01. The van der Waals surface area contributed by atoms with Crippen molar-refractivity contribution < 1.29 is 25.8 Å². The van der Waals surface area contributed by atoms with Crippen LogP contribution in [0, 0.1) is 13.8 Å². The summed E-state index contributed by atoms with van der Waals surface area (Å²) in [5, 5.41) is 0. The molecule has 0 aliphatic heterocycles. The van der Waals surface area contributed by atoms with Crippen LogP contribution < -0.4 is 0 Å². The van der Waals surface area contributed by atoms with Crippen LogP contribution in [0.2, 0.25) is 0 Å². The van der Waals surface area contributed by atoms with Crippen molar-refractivity contribution in [3.8, 4) is 11.1 Å². The normalized spacial score (nSPS) is 12.4. The summed E-state index contributed by atoms with van der Waals surface area (Å²) in [4.78, 5) is 0. The lowest BCUT2D eigenvalue weighted by Crippen LogP contribution is -2.25. The maximum atomic E-state index is 12.2. The minimum absolute atomic E-state index is 0.383. The summed E-state index contributed by atoms with van der Waals surface area (Å²) in [6, 6.07) is 12.9. The molecule has 3 nitrogen and oxygen atoms in total. The van der Waals surface area contributed by atoms with Crippen molar-refractivity contribution in [1.29, 1.82) is 0 Å². The highest BCUT2D eigenvalue weighted by Crippen LogP contribution is 2.27. The van der Waals surface area contributed by atoms with Crippen LogP contribution in [0.15, 0.2) is 42.5 Å². The van der Waals surface area contributed by atoms with Gasteiger partial charge in [0.1, 0.15) is 0 Å². The Morgan fingerprint density at radius 1 is 0.957 bits per heavy atom. The maximum Gasteiger partial charge on any atom is 0.523 e. The van der Waals surface area contributed by atoms with E-state index in [1.807, 2.05) is 31.2 Å². The molecule has 0 aliphatic rings. The number of halogens is 3. The van der Waals surface area contributed by atoms with Gasteiger partial charge in [0.15, 0.2) is 0 Å². The van der Waals surface area contributed by atoms with Crippen LogP contribution in [0.25, 0.3) is 11.1 Å². The predicted octanol–water partition coefficient (Wildman–Crippen LogP) is 4.34. The molecule has 0 fully saturated rings. The summed E-state index contributed by atoms with van der Waals surface area (Å²) in [5.74, 6) is 0. The summed E-state index contributed by atoms with van der Waals surface area (Å²) >= 11 is 0. The maximum absolute atomic E-state index is 12.2. The van der Waals surface area contributed by atoms with Gasteiger partial charge in [0.25, 0.3) is 0 Å². The Balaban J connectivity index is 2.19. The number of hydrogen-bond donors (Lipinski definition) is 0. The first kappa shape index (κ1) is 17.5. The van der Waals surface area contributed by atoms with Crippen LogP contribution in [0.4, 0.5) is 13.2 Å². The molecule has 0 N–H and O–H groups in total. The average molecular weight is 344 g/mol. The first-order valence-corrected chi connectivity index (χ1v) is 8.13. The van der Waals surface area contributed by atoms with E-state index in [0.29, 0.717) is 11.1 Å². The molecule has 2 rings (SSSR count). The Labute approximate surface area is 132 Å². The van der Waals surface area contributed by atoms with Crippen LogP contribution in [-0.2, 0) is 20.9 Å². The summed E-state index contributed by atoms with van der Waals surface area (Å²) in [5.41, 5.74) is -1.40. The number of benzene rings is 2. The van der Waals surface area contributed by atoms with Crippen molar-refractivity contribution in [3.63, 3.8) is 0 Å². The van der Waals surface area contributed by atoms with Gasteiger partial charge in [-0.1, -0.05) is 48.0 Å². The second-order valence-electron chi connectivity index (χ2n) is 5.17. The third kappa shape index (κ3) is 4.11. The first-order valence-electron chi connectivity index (χ1n) is 6.72. The molecule has 0 aliphatic carbocycles. The van der Waals surface area contributed by atoms with E-state index in [9.17, 15) is 21.6 Å². The van der Waals surface area contributed by atoms with E-state index < -0.39 is 22.2 Å². The SMILES string of the molecule is Cc1ccc(-c2ccc(COS(=O)(=O)C(F)(F)F)c(C)c2)cc1. The fourth-order valence-corrected chi connectivity index (χ4v) is 2.41. The monoisotopic (exact) mass is 344 g/mol. The lowest BCUT2D eigenvalue weighted by molar-refractivity contribution is -0.0548. The third-order valence-corrected chi connectivity index (χ3v) is 4.38. The molecule has 0 aromatic heterocycles. The molecule has 2 aromatic carbocycles. The molecule has 0 saturated heterocycles. The zero-order valence-corrected chi connectivity index (χ0v) is 13.3. The van der Waals surface area contributed by atoms with Gasteiger partial charge in [-0.3, -0.25) is 4.18 Å². The molecule has 0 atom stereocenters. The number of hydrogen-bond acceptors (Lipinski definition) is 3. The van der Waals surface area contributed by atoms with Crippen molar-refractivity contribution in [3.05, 3.63) is 59.2 Å². The average Bonchev–Trinajstić information content (AvgIpc) is 2.45. The standard InChI is InChI=1S/C16H15F3O3S/c1-11-3-5-13(6-4-11)14-7-8-15(12(2)9-14)10-22-23(20,21)16(17,18)19/h3-9H,10H2,1-2H3. The molecule has 0 amide bonds. The van der Waals surface area contributed by atoms with E-state index in [0.717, 1.165) is 16.7 Å². The number of rotatable bonds is 4. The molecule has 0 spiro atoms. The van der Waals surface area contributed by atoms with Crippen molar-refractivity contribution in [1.82, 2.24) is 0 Å². The van der Waals surface area contributed by atoms with Gasteiger partial charge in [-0.15, -0.1) is 0 Å². The van der Waals surface area contributed by atoms with E-state index in [-0.39, 0.29) is 0 Å². The summed E-state index contributed by atoms with van der Waals surface area (Å²) in [7, 11) is -5.58. The van der Waals surface area contributed by atoms with E-state index in [4.69, 9.17) is 0 Å². The topological polar surface area (TPSA) is 43.4 Å². The molecule has 0 bridgehead atoms. The quantitative estimate of drug-likeness (QED) is 0.612. The molecule has 0 unspecified atom stereocenters. The van der Waals surface area contributed by atoms with Gasteiger partial charge >= 0.3 is 15.6 Å².